The fourth-order valence-electron chi connectivity index (χ4n) is 3.56. The third kappa shape index (κ3) is 4.59. The van der Waals surface area contributed by atoms with Crippen molar-refractivity contribution in [1.82, 2.24) is 10.2 Å². The molecule has 1 saturated heterocycles. The van der Waals surface area contributed by atoms with Crippen LogP contribution in [0.1, 0.15) is 50.1 Å². The van der Waals surface area contributed by atoms with E-state index in [9.17, 15) is 14.4 Å². The second kappa shape index (κ2) is 8.14. The van der Waals surface area contributed by atoms with E-state index >= 15 is 0 Å². The number of benzene rings is 1. The van der Waals surface area contributed by atoms with Gasteiger partial charge in [0.1, 0.15) is 0 Å². The Morgan fingerprint density at radius 2 is 1.92 bits per heavy atom. The summed E-state index contributed by atoms with van der Waals surface area (Å²) in [5.74, 6) is 0.239. The third-order valence-corrected chi connectivity index (χ3v) is 5.00. The Labute approximate surface area is 147 Å². The number of nitrogens with zero attached hydrogens (tertiary/aromatic N) is 1. The molecule has 1 aliphatic carbocycles. The Morgan fingerprint density at radius 3 is 2.56 bits per heavy atom. The van der Waals surface area contributed by atoms with Crippen molar-refractivity contribution in [3.8, 4) is 0 Å². The van der Waals surface area contributed by atoms with Crippen molar-refractivity contribution in [3.63, 3.8) is 0 Å². The first-order valence-corrected chi connectivity index (χ1v) is 8.95. The number of rotatable bonds is 7. The molecule has 1 saturated carbocycles. The first kappa shape index (κ1) is 17.5. The van der Waals surface area contributed by atoms with E-state index in [0.717, 1.165) is 16.9 Å². The second-order valence-electron chi connectivity index (χ2n) is 6.78. The van der Waals surface area contributed by atoms with Crippen molar-refractivity contribution in [2.45, 2.75) is 44.6 Å². The van der Waals surface area contributed by atoms with Gasteiger partial charge in [0.05, 0.1) is 12.6 Å². The molecule has 3 rings (SSSR count). The van der Waals surface area contributed by atoms with Crippen molar-refractivity contribution in [3.05, 3.63) is 35.9 Å². The molecule has 2 fully saturated rings. The predicted octanol–water partition coefficient (Wildman–Crippen LogP) is 2.79. The standard InChI is InChI=1S/C19H24N2O4/c22-17(11-10-14-6-4-5-7-14)20-16(15-8-2-1-3-9-15)12-21-18(23)13-25-19(21)24/h1-3,8-9,14,16H,4-7,10-13H2,(H,20,22). The lowest BCUT2D eigenvalue weighted by atomic mass is 10.0. The summed E-state index contributed by atoms with van der Waals surface area (Å²) in [6, 6.07) is 8.97. The summed E-state index contributed by atoms with van der Waals surface area (Å²) >= 11 is 0. The first-order chi connectivity index (χ1) is 12.1. The average Bonchev–Trinajstić information content (AvgIpc) is 3.25. The SMILES string of the molecule is O=C(CCC1CCCC1)NC(CN1C(=O)COC1=O)c1ccccc1. The fourth-order valence-corrected chi connectivity index (χ4v) is 3.56. The Hall–Kier alpha value is -2.37. The minimum atomic E-state index is -0.647. The van der Waals surface area contributed by atoms with Crippen LogP contribution in [0.4, 0.5) is 4.79 Å². The number of imide groups is 1. The van der Waals surface area contributed by atoms with Gasteiger partial charge >= 0.3 is 6.09 Å². The molecule has 0 radical (unpaired) electrons. The molecule has 0 bridgehead atoms. The number of hydrogen-bond acceptors (Lipinski definition) is 4. The van der Waals surface area contributed by atoms with Crippen LogP contribution in [-0.4, -0.2) is 36.0 Å². The van der Waals surface area contributed by atoms with E-state index in [-0.39, 0.29) is 25.0 Å². The monoisotopic (exact) mass is 344 g/mol. The van der Waals surface area contributed by atoms with E-state index in [1.807, 2.05) is 30.3 Å². The van der Waals surface area contributed by atoms with Gasteiger partial charge in [0.25, 0.3) is 5.91 Å². The maximum Gasteiger partial charge on any atom is 0.417 e. The van der Waals surface area contributed by atoms with Crippen molar-refractivity contribution in [2.24, 2.45) is 5.92 Å². The molecule has 1 N–H and O–H groups in total. The zero-order chi connectivity index (χ0) is 17.6. The van der Waals surface area contributed by atoms with Crippen LogP contribution in [0.2, 0.25) is 0 Å². The Balaban J connectivity index is 1.62. The van der Waals surface area contributed by atoms with Gasteiger partial charge in [-0.2, -0.15) is 0 Å². The lowest BCUT2D eigenvalue weighted by molar-refractivity contribution is -0.127. The van der Waals surface area contributed by atoms with Crippen LogP contribution in [0.3, 0.4) is 0 Å². The molecule has 25 heavy (non-hydrogen) atoms. The van der Waals surface area contributed by atoms with Gasteiger partial charge in [-0.1, -0.05) is 56.0 Å². The van der Waals surface area contributed by atoms with Crippen LogP contribution in [-0.2, 0) is 14.3 Å². The molecule has 6 nitrogen and oxygen atoms in total. The summed E-state index contributed by atoms with van der Waals surface area (Å²) in [6.07, 6.45) is 5.68. The Kier molecular flexibility index (Phi) is 5.68. The molecule has 1 unspecified atom stereocenters. The molecule has 3 amide bonds. The van der Waals surface area contributed by atoms with Crippen molar-refractivity contribution >= 4 is 17.9 Å². The highest BCUT2D eigenvalue weighted by atomic mass is 16.6. The number of amides is 3. The number of ether oxygens (including phenoxy) is 1. The quantitative estimate of drug-likeness (QED) is 0.825. The molecule has 134 valence electrons. The smallest absolute Gasteiger partial charge is 0.417 e. The van der Waals surface area contributed by atoms with Gasteiger partial charge in [0.15, 0.2) is 6.61 Å². The van der Waals surface area contributed by atoms with E-state index < -0.39 is 12.1 Å². The minimum Gasteiger partial charge on any atom is -0.439 e. The number of cyclic esters (lactones) is 1. The number of carbonyl (C=O) groups is 3. The maximum absolute atomic E-state index is 12.4. The van der Waals surface area contributed by atoms with Gasteiger partial charge in [-0.25, -0.2) is 9.69 Å². The van der Waals surface area contributed by atoms with E-state index in [1.165, 1.54) is 25.7 Å². The van der Waals surface area contributed by atoms with Crippen LogP contribution in [0.5, 0.6) is 0 Å². The number of carbonyl (C=O) groups excluding carboxylic acids is 3. The van der Waals surface area contributed by atoms with Gasteiger partial charge in [0, 0.05) is 6.42 Å². The Bertz CT molecular complexity index is 610. The summed E-state index contributed by atoms with van der Waals surface area (Å²) in [6.45, 7) is -0.132. The van der Waals surface area contributed by atoms with Crippen molar-refractivity contribution in [2.75, 3.05) is 13.2 Å². The molecule has 1 atom stereocenters. The summed E-state index contributed by atoms with van der Waals surface area (Å²) < 4.78 is 4.76. The molecular formula is C19H24N2O4. The van der Waals surface area contributed by atoms with Crippen LogP contribution in [0.25, 0.3) is 0 Å². The number of nitrogens with one attached hydrogen (secondary N) is 1. The van der Waals surface area contributed by atoms with Gasteiger partial charge < -0.3 is 10.1 Å². The molecular weight excluding hydrogens is 320 g/mol. The lowest BCUT2D eigenvalue weighted by Crippen LogP contribution is -2.40. The highest BCUT2D eigenvalue weighted by Crippen LogP contribution is 2.28. The molecule has 1 heterocycles. The van der Waals surface area contributed by atoms with Crippen LogP contribution >= 0.6 is 0 Å². The normalized spacial score (nSPS) is 19.1. The molecule has 1 aromatic rings. The van der Waals surface area contributed by atoms with Gasteiger partial charge in [-0.3, -0.25) is 9.59 Å². The van der Waals surface area contributed by atoms with E-state index in [1.54, 1.807) is 0 Å². The topological polar surface area (TPSA) is 75.7 Å². The molecule has 1 aliphatic heterocycles. The van der Waals surface area contributed by atoms with Crippen LogP contribution < -0.4 is 5.32 Å². The molecule has 0 spiro atoms. The first-order valence-electron chi connectivity index (χ1n) is 8.95. The largest absolute Gasteiger partial charge is 0.439 e. The summed E-state index contributed by atoms with van der Waals surface area (Å²) in [4.78, 5) is 37.0. The summed E-state index contributed by atoms with van der Waals surface area (Å²) in [5.41, 5.74) is 0.865. The summed E-state index contributed by atoms with van der Waals surface area (Å²) in [5, 5.41) is 2.98. The Morgan fingerprint density at radius 1 is 1.20 bits per heavy atom. The molecule has 6 heteroatoms. The fraction of sp³-hybridized carbons (Fsp3) is 0.526. The van der Waals surface area contributed by atoms with Crippen molar-refractivity contribution in [1.29, 1.82) is 0 Å². The minimum absolute atomic E-state index is 0.0410. The zero-order valence-corrected chi connectivity index (χ0v) is 14.3. The lowest BCUT2D eigenvalue weighted by Gasteiger charge is -2.23. The zero-order valence-electron chi connectivity index (χ0n) is 14.3. The average molecular weight is 344 g/mol. The predicted molar refractivity (Wildman–Crippen MR) is 91.6 cm³/mol. The highest BCUT2D eigenvalue weighted by Gasteiger charge is 2.33. The third-order valence-electron chi connectivity index (χ3n) is 5.00. The van der Waals surface area contributed by atoms with Crippen LogP contribution in [0, 0.1) is 5.92 Å². The van der Waals surface area contributed by atoms with E-state index in [2.05, 4.69) is 5.32 Å². The molecule has 2 aliphatic rings. The van der Waals surface area contributed by atoms with Gasteiger partial charge in [0.2, 0.25) is 5.91 Å². The van der Waals surface area contributed by atoms with Crippen LogP contribution in [0.15, 0.2) is 30.3 Å². The summed E-state index contributed by atoms with van der Waals surface area (Å²) in [7, 11) is 0. The van der Waals surface area contributed by atoms with E-state index in [4.69, 9.17) is 4.74 Å². The second-order valence-corrected chi connectivity index (χ2v) is 6.78. The van der Waals surface area contributed by atoms with Gasteiger partial charge in [-0.05, 0) is 17.9 Å². The van der Waals surface area contributed by atoms with Crippen molar-refractivity contribution < 1.29 is 19.1 Å². The van der Waals surface area contributed by atoms with E-state index in [0.29, 0.717) is 12.3 Å². The maximum atomic E-state index is 12.4. The highest BCUT2D eigenvalue weighted by molar-refractivity contribution is 5.97. The molecule has 0 aromatic heterocycles. The molecule has 1 aromatic carbocycles. The number of hydrogen-bond donors (Lipinski definition) is 1. The van der Waals surface area contributed by atoms with Gasteiger partial charge in [-0.15, -0.1) is 0 Å².